The van der Waals surface area contributed by atoms with Crippen molar-refractivity contribution in [3.05, 3.63) is 46.7 Å². The maximum Gasteiger partial charge on any atom is 0.262 e. The van der Waals surface area contributed by atoms with Gasteiger partial charge in [0.05, 0.1) is 17.3 Å². The van der Waals surface area contributed by atoms with Gasteiger partial charge in [-0.05, 0) is 38.1 Å². The molecule has 1 N–H and O–H groups in total. The van der Waals surface area contributed by atoms with Crippen molar-refractivity contribution in [1.29, 1.82) is 0 Å². The second-order valence-electron chi connectivity index (χ2n) is 5.93. The predicted octanol–water partition coefficient (Wildman–Crippen LogP) is 4.22. The Labute approximate surface area is 156 Å². The van der Waals surface area contributed by atoms with Gasteiger partial charge in [0.15, 0.2) is 6.61 Å². The van der Waals surface area contributed by atoms with E-state index in [2.05, 4.69) is 5.32 Å². The summed E-state index contributed by atoms with van der Waals surface area (Å²) in [6.45, 7) is 4.06. The van der Waals surface area contributed by atoms with Crippen LogP contribution in [0.1, 0.15) is 19.4 Å². The summed E-state index contributed by atoms with van der Waals surface area (Å²) < 4.78 is 29.7. The van der Waals surface area contributed by atoms with Gasteiger partial charge in [0.25, 0.3) is 5.91 Å². The van der Waals surface area contributed by atoms with Crippen molar-refractivity contribution in [3.8, 4) is 17.2 Å². The molecule has 26 heavy (non-hydrogen) atoms. The lowest BCUT2D eigenvalue weighted by Crippen LogP contribution is -2.20. The zero-order valence-electron chi connectivity index (χ0n) is 14.5. The molecule has 0 fully saturated rings. The number of nitrogens with one attached hydrogen (secondary N) is 1. The summed E-state index contributed by atoms with van der Waals surface area (Å²) in [5.41, 5.74) is 1.56. The van der Waals surface area contributed by atoms with Crippen LogP contribution in [0.2, 0.25) is 5.02 Å². The van der Waals surface area contributed by atoms with Crippen LogP contribution in [-0.4, -0.2) is 25.2 Å². The Morgan fingerprint density at radius 2 is 2.12 bits per heavy atom. The summed E-state index contributed by atoms with van der Waals surface area (Å²) in [5.74, 6) is 0.688. The molecule has 1 aliphatic heterocycles. The third-order valence-corrected chi connectivity index (χ3v) is 4.12. The Bertz CT molecular complexity index is 827. The number of fused-ring (bicyclic) bond motifs is 1. The molecule has 7 heteroatoms. The van der Waals surface area contributed by atoms with E-state index in [0.717, 1.165) is 23.8 Å². The van der Waals surface area contributed by atoms with E-state index in [1.165, 1.54) is 12.1 Å². The summed E-state index contributed by atoms with van der Waals surface area (Å²) in [4.78, 5) is 12.2. The first kappa shape index (κ1) is 18.3. The van der Waals surface area contributed by atoms with E-state index in [0.29, 0.717) is 18.0 Å². The average molecular weight is 380 g/mol. The van der Waals surface area contributed by atoms with Gasteiger partial charge in [-0.15, -0.1) is 0 Å². The molecular formula is C19H19ClFNO4. The van der Waals surface area contributed by atoms with Crippen LogP contribution >= 0.6 is 11.6 Å². The van der Waals surface area contributed by atoms with Crippen molar-refractivity contribution >= 4 is 23.2 Å². The summed E-state index contributed by atoms with van der Waals surface area (Å²) in [7, 11) is 0. The molecule has 2 aromatic rings. The quantitative estimate of drug-likeness (QED) is 0.816. The fourth-order valence-electron chi connectivity index (χ4n) is 2.73. The van der Waals surface area contributed by atoms with Crippen LogP contribution in [0.15, 0.2) is 30.3 Å². The zero-order valence-corrected chi connectivity index (χ0v) is 15.2. The smallest absolute Gasteiger partial charge is 0.262 e. The number of carbonyl (C=O) groups excluding carboxylic acids is 1. The Kier molecular flexibility index (Phi) is 5.52. The summed E-state index contributed by atoms with van der Waals surface area (Å²) in [5, 5.41) is 2.86. The SMILES string of the molecule is CCOc1cc2c(cc1NC(=O)COc1ccc(F)cc1Cl)O[C@@H](C)C2. The normalized spacial score (nSPS) is 15.2. The second kappa shape index (κ2) is 7.83. The molecule has 0 unspecified atom stereocenters. The maximum absolute atomic E-state index is 13.0. The van der Waals surface area contributed by atoms with Gasteiger partial charge >= 0.3 is 0 Å². The molecule has 0 bridgehead atoms. The van der Waals surface area contributed by atoms with Gasteiger partial charge in [0.2, 0.25) is 0 Å². The van der Waals surface area contributed by atoms with Crippen molar-refractivity contribution in [3.63, 3.8) is 0 Å². The van der Waals surface area contributed by atoms with Gasteiger partial charge < -0.3 is 19.5 Å². The predicted molar refractivity (Wildman–Crippen MR) is 96.9 cm³/mol. The minimum atomic E-state index is -0.472. The summed E-state index contributed by atoms with van der Waals surface area (Å²) in [6.07, 6.45) is 0.893. The van der Waals surface area contributed by atoms with Crippen LogP contribution < -0.4 is 19.5 Å². The lowest BCUT2D eigenvalue weighted by molar-refractivity contribution is -0.118. The first-order chi connectivity index (χ1) is 12.5. The third-order valence-electron chi connectivity index (χ3n) is 3.82. The summed E-state index contributed by atoms with van der Waals surface area (Å²) in [6, 6.07) is 7.36. The van der Waals surface area contributed by atoms with Gasteiger partial charge in [-0.25, -0.2) is 4.39 Å². The zero-order chi connectivity index (χ0) is 18.7. The third kappa shape index (κ3) is 4.19. The Balaban J connectivity index is 1.69. The lowest BCUT2D eigenvalue weighted by atomic mass is 10.1. The number of benzene rings is 2. The fraction of sp³-hybridized carbons (Fsp3) is 0.316. The minimum absolute atomic E-state index is 0.0920. The van der Waals surface area contributed by atoms with Gasteiger partial charge in [0, 0.05) is 18.1 Å². The monoisotopic (exact) mass is 379 g/mol. The van der Waals surface area contributed by atoms with Gasteiger partial charge in [0.1, 0.15) is 29.2 Å². The Hall–Kier alpha value is -2.47. The number of anilines is 1. The number of hydrogen-bond donors (Lipinski definition) is 1. The number of rotatable bonds is 6. The van der Waals surface area contributed by atoms with Crippen LogP contribution in [-0.2, 0) is 11.2 Å². The Morgan fingerprint density at radius 3 is 2.85 bits per heavy atom. The number of hydrogen-bond acceptors (Lipinski definition) is 4. The van der Waals surface area contributed by atoms with Crippen molar-refractivity contribution in [1.82, 2.24) is 0 Å². The molecule has 0 saturated heterocycles. The largest absolute Gasteiger partial charge is 0.492 e. The minimum Gasteiger partial charge on any atom is -0.492 e. The first-order valence-electron chi connectivity index (χ1n) is 8.30. The van der Waals surface area contributed by atoms with Crippen LogP contribution in [0.25, 0.3) is 0 Å². The molecule has 0 aromatic heterocycles. The molecule has 0 saturated carbocycles. The van der Waals surface area contributed by atoms with Crippen molar-refractivity contribution < 1.29 is 23.4 Å². The highest BCUT2D eigenvalue weighted by atomic mass is 35.5. The number of carbonyl (C=O) groups is 1. The van der Waals surface area contributed by atoms with Crippen LogP contribution in [0.4, 0.5) is 10.1 Å². The van der Waals surface area contributed by atoms with E-state index >= 15 is 0 Å². The van der Waals surface area contributed by atoms with Gasteiger partial charge in [-0.3, -0.25) is 4.79 Å². The number of ether oxygens (including phenoxy) is 3. The van der Waals surface area contributed by atoms with E-state index in [4.69, 9.17) is 25.8 Å². The highest BCUT2D eigenvalue weighted by molar-refractivity contribution is 6.32. The molecule has 0 aliphatic carbocycles. The molecule has 1 atom stereocenters. The van der Waals surface area contributed by atoms with Crippen LogP contribution in [0.5, 0.6) is 17.2 Å². The molecule has 0 spiro atoms. The van der Waals surface area contributed by atoms with Gasteiger partial charge in [-0.2, -0.15) is 0 Å². The highest BCUT2D eigenvalue weighted by Crippen LogP contribution is 2.38. The van der Waals surface area contributed by atoms with E-state index in [-0.39, 0.29) is 23.5 Å². The molecule has 138 valence electrons. The number of amides is 1. The van der Waals surface area contributed by atoms with E-state index in [9.17, 15) is 9.18 Å². The van der Waals surface area contributed by atoms with Crippen LogP contribution in [0.3, 0.4) is 0 Å². The molecule has 5 nitrogen and oxygen atoms in total. The second-order valence-corrected chi connectivity index (χ2v) is 6.34. The molecule has 3 rings (SSSR count). The molecule has 2 aromatic carbocycles. The molecule has 1 aliphatic rings. The van der Waals surface area contributed by atoms with E-state index in [1.54, 1.807) is 6.07 Å². The molecule has 1 heterocycles. The Morgan fingerprint density at radius 1 is 1.31 bits per heavy atom. The highest BCUT2D eigenvalue weighted by Gasteiger charge is 2.22. The van der Waals surface area contributed by atoms with Crippen molar-refractivity contribution in [2.24, 2.45) is 0 Å². The first-order valence-corrected chi connectivity index (χ1v) is 8.68. The topological polar surface area (TPSA) is 56.8 Å². The molecule has 1 amide bonds. The standard InChI is InChI=1S/C19H19ClFNO4/c1-3-24-18-7-12-6-11(2)26-17(12)9-15(18)22-19(23)10-25-16-5-4-13(21)8-14(16)20/h4-5,7-9,11H,3,6,10H2,1-2H3,(H,22,23)/t11-/m0/s1. The van der Waals surface area contributed by atoms with Crippen molar-refractivity contribution in [2.45, 2.75) is 26.4 Å². The summed E-state index contributed by atoms with van der Waals surface area (Å²) >= 11 is 5.88. The fourth-order valence-corrected chi connectivity index (χ4v) is 2.96. The van der Waals surface area contributed by atoms with Crippen molar-refractivity contribution in [2.75, 3.05) is 18.5 Å². The van der Waals surface area contributed by atoms with Crippen LogP contribution in [0, 0.1) is 5.82 Å². The molecule has 0 radical (unpaired) electrons. The van der Waals surface area contributed by atoms with E-state index < -0.39 is 11.7 Å². The van der Waals surface area contributed by atoms with E-state index in [1.807, 2.05) is 19.9 Å². The maximum atomic E-state index is 13.0. The molecular weight excluding hydrogens is 361 g/mol. The lowest BCUT2D eigenvalue weighted by Gasteiger charge is -2.14. The average Bonchev–Trinajstić information content (AvgIpc) is 2.93. The van der Waals surface area contributed by atoms with Gasteiger partial charge in [-0.1, -0.05) is 11.6 Å². The number of halogens is 2.